The van der Waals surface area contributed by atoms with E-state index in [2.05, 4.69) is 256 Å². The lowest BCUT2D eigenvalue weighted by Gasteiger charge is -2.46. The minimum atomic E-state index is -0.443. The Labute approximate surface area is 371 Å². The first kappa shape index (κ1) is 37.4. The van der Waals surface area contributed by atoms with E-state index in [1.807, 2.05) is 0 Å². The van der Waals surface area contributed by atoms with Gasteiger partial charge in [-0.05, 0) is 140 Å². The van der Waals surface area contributed by atoms with Crippen LogP contribution in [0.4, 0.5) is 34.1 Å². The number of hydrogen-bond acceptors (Lipinski definition) is 2. The summed E-state index contributed by atoms with van der Waals surface area (Å²) in [5.41, 5.74) is 22.2. The zero-order valence-electron chi connectivity index (χ0n) is 36.2. The summed E-state index contributed by atoms with van der Waals surface area (Å²) in [4.78, 5) is 4.80. The number of para-hydroxylation sites is 2. The Hall–Kier alpha value is -7.42. The van der Waals surface area contributed by atoms with Crippen molar-refractivity contribution in [3.8, 4) is 22.3 Å². The second-order valence-electron chi connectivity index (χ2n) is 18.5. The molecule has 0 fully saturated rings. The molecule has 1 spiro atoms. The van der Waals surface area contributed by atoms with Gasteiger partial charge in [-0.3, -0.25) is 0 Å². The molecule has 0 N–H and O–H groups in total. The predicted octanol–water partition coefficient (Wildman–Crippen LogP) is 15.9. The summed E-state index contributed by atoms with van der Waals surface area (Å²) in [6.07, 6.45) is 0. The Bertz CT molecular complexity index is 3140. The quantitative estimate of drug-likeness (QED) is 0.165. The summed E-state index contributed by atoms with van der Waals surface area (Å²) < 4.78 is 0. The molecule has 3 aliphatic carbocycles. The minimum Gasteiger partial charge on any atom is -0.311 e. The highest BCUT2D eigenvalue weighted by atomic mass is 15.2. The molecule has 0 bridgehead atoms. The molecule has 2 nitrogen and oxygen atoms in total. The number of hydrogen-bond donors (Lipinski definition) is 0. The molecule has 0 aromatic heterocycles. The topological polar surface area (TPSA) is 6.48 Å². The van der Waals surface area contributed by atoms with E-state index < -0.39 is 5.41 Å². The highest BCUT2D eigenvalue weighted by molar-refractivity contribution is 5.93. The van der Waals surface area contributed by atoms with Crippen LogP contribution in [0.5, 0.6) is 0 Å². The molecule has 0 amide bonds. The van der Waals surface area contributed by atoms with Crippen LogP contribution in [0, 0.1) is 0 Å². The minimum absolute atomic E-state index is 0.137. The third-order valence-corrected chi connectivity index (χ3v) is 14.5. The smallest absolute Gasteiger partial charge is 0.0719 e. The number of nitrogens with zero attached hydrogens (tertiary/aromatic N) is 2. The molecule has 12 rings (SSSR count). The predicted molar refractivity (Wildman–Crippen MR) is 263 cm³/mol. The molecule has 63 heavy (non-hydrogen) atoms. The van der Waals surface area contributed by atoms with Gasteiger partial charge in [0.15, 0.2) is 0 Å². The Morgan fingerprint density at radius 2 is 0.587 bits per heavy atom. The molecular formula is C61H48N2. The van der Waals surface area contributed by atoms with Gasteiger partial charge in [0, 0.05) is 45.0 Å². The average Bonchev–Trinajstić information content (AvgIpc) is 3.75. The van der Waals surface area contributed by atoms with Crippen molar-refractivity contribution in [2.75, 3.05) is 9.80 Å². The normalized spacial score (nSPS) is 15.0. The SMILES string of the molecule is CC1(C)c2ccccc2-c2ccc(N(c3ccc(N(c4ccccc4)c4ccccc4)cc3)c3ccc4c(c3)-c3ccccc3C43c4ccccc4C(C)(C)c4ccccc43)cc21. The zero-order chi connectivity index (χ0) is 42.5. The van der Waals surface area contributed by atoms with Gasteiger partial charge in [0.1, 0.15) is 0 Å². The summed E-state index contributed by atoms with van der Waals surface area (Å²) in [6, 6.07) is 81.3. The first-order valence-corrected chi connectivity index (χ1v) is 22.3. The van der Waals surface area contributed by atoms with E-state index in [0.717, 1.165) is 34.1 Å². The molecule has 0 radical (unpaired) electrons. The lowest BCUT2D eigenvalue weighted by molar-refractivity contribution is 0.563. The maximum Gasteiger partial charge on any atom is 0.0719 e. The standard InChI is InChI=1S/C61H48N2/c1-59(2)51-25-13-11-23-47(51)49-37-35-46(40-58(49)59)63(44-33-31-43(32-34-44)62(41-19-7-5-8-20-41)42-21-9-6-10-22-42)45-36-38-53-50(39-45)48-24-12-14-26-52(48)61(53)56-29-17-15-27-54(56)60(3,4)55-28-16-18-30-57(55)61/h5-40H,1-4H3. The van der Waals surface area contributed by atoms with Crippen molar-refractivity contribution in [1.29, 1.82) is 0 Å². The fourth-order valence-electron chi connectivity index (χ4n) is 11.6. The summed E-state index contributed by atoms with van der Waals surface area (Å²) >= 11 is 0. The van der Waals surface area contributed by atoms with Crippen molar-refractivity contribution in [2.45, 2.75) is 43.9 Å². The molecule has 0 saturated carbocycles. The van der Waals surface area contributed by atoms with E-state index >= 15 is 0 Å². The molecule has 0 saturated heterocycles. The van der Waals surface area contributed by atoms with E-state index in [1.54, 1.807) is 0 Å². The van der Waals surface area contributed by atoms with E-state index in [9.17, 15) is 0 Å². The van der Waals surface area contributed by atoms with Gasteiger partial charge in [-0.15, -0.1) is 0 Å². The van der Waals surface area contributed by atoms with E-state index in [4.69, 9.17) is 0 Å². The number of benzene rings is 9. The van der Waals surface area contributed by atoms with Gasteiger partial charge < -0.3 is 9.80 Å². The van der Waals surface area contributed by atoms with Gasteiger partial charge in [0.25, 0.3) is 0 Å². The summed E-state index contributed by atoms with van der Waals surface area (Å²) in [5, 5.41) is 0. The largest absolute Gasteiger partial charge is 0.311 e. The second kappa shape index (κ2) is 13.8. The van der Waals surface area contributed by atoms with Gasteiger partial charge >= 0.3 is 0 Å². The van der Waals surface area contributed by atoms with Crippen LogP contribution in [-0.4, -0.2) is 0 Å². The molecule has 0 aliphatic heterocycles. The monoisotopic (exact) mass is 808 g/mol. The highest BCUT2D eigenvalue weighted by Gasteiger charge is 2.53. The third-order valence-electron chi connectivity index (χ3n) is 14.5. The number of anilines is 6. The van der Waals surface area contributed by atoms with Gasteiger partial charge in [-0.1, -0.05) is 173 Å². The molecule has 0 heterocycles. The first-order chi connectivity index (χ1) is 30.8. The first-order valence-electron chi connectivity index (χ1n) is 22.3. The summed E-state index contributed by atoms with van der Waals surface area (Å²) in [7, 11) is 0. The Morgan fingerprint density at radius 1 is 0.238 bits per heavy atom. The van der Waals surface area contributed by atoms with Crippen molar-refractivity contribution in [3.63, 3.8) is 0 Å². The van der Waals surface area contributed by atoms with Crippen molar-refractivity contribution < 1.29 is 0 Å². The van der Waals surface area contributed by atoms with Gasteiger partial charge in [-0.2, -0.15) is 0 Å². The average molecular weight is 809 g/mol. The fourth-order valence-corrected chi connectivity index (χ4v) is 11.6. The van der Waals surface area contributed by atoms with Crippen LogP contribution in [0.2, 0.25) is 0 Å². The third kappa shape index (κ3) is 5.31. The van der Waals surface area contributed by atoms with Crippen LogP contribution < -0.4 is 9.80 Å². The molecule has 0 atom stereocenters. The lowest BCUT2D eigenvalue weighted by atomic mass is 9.55. The summed E-state index contributed by atoms with van der Waals surface area (Å²) in [6.45, 7) is 9.52. The maximum atomic E-state index is 2.47. The highest BCUT2D eigenvalue weighted by Crippen LogP contribution is 2.63. The molecular weight excluding hydrogens is 761 g/mol. The Balaban J connectivity index is 1.07. The van der Waals surface area contributed by atoms with Crippen molar-refractivity contribution in [1.82, 2.24) is 0 Å². The summed E-state index contributed by atoms with van der Waals surface area (Å²) in [5.74, 6) is 0. The van der Waals surface area contributed by atoms with Crippen LogP contribution in [0.25, 0.3) is 22.3 Å². The van der Waals surface area contributed by atoms with Crippen LogP contribution >= 0.6 is 0 Å². The number of rotatable bonds is 6. The molecule has 3 aliphatic rings. The van der Waals surface area contributed by atoms with Crippen LogP contribution in [0.15, 0.2) is 218 Å². The lowest BCUT2D eigenvalue weighted by Crippen LogP contribution is -2.40. The molecule has 9 aromatic rings. The molecule has 302 valence electrons. The Morgan fingerprint density at radius 3 is 1.16 bits per heavy atom. The van der Waals surface area contributed by atoms with Gasteiger partial charge in [0.05, 0.1) is 5.41 Å². The van der Waals surface area contributed by atoms with Crippen LogP contribution in [-0.2, 0) is 16.2 Å². The van der Waals surface area contributed by atoms with E-state index in [-0.39, 0.29) is 10.8 Å². The van der Waals surface area contributed by atoms with Crippen molar-refractivity contribution in [2.24, 2.45) is 0 Å². The second-order valence-corrected chi connectivity index (χ2v) is 18.5. The zero-order valence-corrected chi connectivity index (χ0v) is 36.2. The van der Waals surface area contributed by atoms with Crippen molar-refractivity contribution in [3.05, 3.63) is 263 Å². The van der Waals surface area contributed by atoms with Crippen LogP contribution in [0.3, 0.4) is 0 Å². The van der Waals surface area contributed by atoms with Gasteiger partial charge in [0.2, 0.25) is 0 Å². The Kier molecular flexibility index (Phi) is 8.18. The number of fused-ring (bicyclic) bond motifs is 12. The van der Waals surface area contributed by atoms with E-state index in [1.165, 1.54) is 66.8 Å². The molecule has 0 unspecified atom stereocenters. The van der Waals surface area contributed by atoms with Gasteiger partial charge in [-0.25, -0.2) is 0 Å². The maximum absolute atomic E-state index is 2.47. The van der Waals surface area contributed by atoms with E-state index in [0.29, 0.717) is 0 Å². The van der Waals surface area contributed by atoms with Crippen LogP contribution in [0.1, 0.15) is 72.2 Å². The van der Waals surface area contributed by atoms with Crippen molar-refractivity contribution >= 4 is 34.1 Å². The fraction of sp³-hybridized carbons (Fsp3) is 0.115. The molecule has 9 aromatic carbocycles. The molecule has 2 heteroatoms.